The SMILES string of the molecule is C=CC(=O)Oc1ccc(COc2ccc(C(C)=O)cc2)cc1. The van der Waals surface area contributed by atoms with E-state index >= 15 is 0 Å². The molecule has 0 saturated heterocycles. The van der Waals surface area contributed by atoms with Crippen LogP contribution in [0.25, 0.3) is 0 Å². The maximum atomic E-state index is 11.2. The van der Waals surface area contributed by atoms with Crippen molar-refractivity contribution in [2.24, 2.45) is 0 Å². The van der Waals surface area contributed by atoms with Crippen molar-refractivity contribution in [2.75, 3.05) is 0 Å². The number of hydrogen-bond donors (Lipinski definition) is 0. The standard InChI is InChI=1S/C18H16O4/c1-3-18(20)22-17-8-4-14(5-9-17)12-21-16-10-6-15(7-11-16)13(2)19/h3-11H,1,12H2,2H3. The lowest BCUT2D eigenvalue weighted by Gasteiger charge is -2.07. The molecule has 0 N–H and O–H groups in total. The monoisotopic (exact) mass is 296 g/mol. The van der Waals surface area contributed by atoms with Gasteiger partial charge < -0.3 is 9.47 Å². The first-order valence-electron chi connectivity index (χ1n) is 6.75. The lowest BCUT2D eigenvalue weighted by atomic mass is 10.1. The van der Waals surface area contributed by atoms with E-state index in [-0.39, 0.29) is 5.78 Å². The molecule has 0 aromatic heterocycles. The van der Waals surface area contributed by atoms with Gasteiger partial charge in [-0.1, -0.05) is 18.7 Å². The molecule has 0 atom stereocenters. The van der Waals surface area contributed by atoms with Crippen LogP contribution in [0.3, 0.4) is 0 Å². The molecule has 4 heteroatoms. The van der Waals surface area contributed by atoms with E-state index in [0.29, 0.717) is 23.7 Å². The van der Waals surface area contributed by atoms with Gasteiger partial charge in [0.25, 0.3) is 0 Å². The van der Waals surface area contributed by atoms with Crippen molar-refractivity contribution in [3.05, 3.63) is 72.3 Å². The summed E-state index contributed by atoms with van der Waals surface area (Å²) >= 11 is 0. The van der Waals surface area contributed by atoms with Gasteiger partial charge in [0, 0.05) is 11.6 Å². The Morgan fingerprint density at radius 3 is 2.14 bits per heavy atom. The molecule has 0 spiro atoms. The van der Waals surface area contributed by atoms with Crippen molar-refractivity contribution >= 4 is 11.8 Å². The van der Waals surface area contributed by atoms with Crippen molar-refractivity contribution < 1.29 is 19.1 Å². The van der Waals surface area contributed by atoms with E-state index in [0.717, 1.165) is 11.6 Å². The number of hydrogen-bond acceptors (Lipinski definition) is 4. The van der Waals surface area contributed by atoms with Gasteiger partial charge in [-0.3, -0.25) is 4.79 Å². The number of ketones is 1. The summed E-state index contributed by atoms with van der Waals surface area (Å²) in [6.45, 7) is 5.25. The average molecular weight is 296 g/mol. The molecule has 0 fully saturated rings. The zero-order valence-electron chi connectivity index (χ0n) is 12.2. The van der Waals surface area contributed by atoms with Gasteiger partial charge in [0.2, 0.25) is 0 Å². The predicted molar refractivity (Wildman–Crippen MR) is 83.1 cm³/mol. The van der Waals surface area contributed by atoms with E-state index in [1.165, 1.54) is 6.92 Å². The number of ether oxygens (including phenoxy) is 2. The topological polar surface area (TPSA) is 52.6 Å². The van der Waals surface area contributed by atoms with Gasteiger partial charge in [0.05, 0.1) is 0 Å². The Bertz CT molecular complexity index is 669. The summed E-state index contributed by atoms with van der Waals surface area (Å²) < 4.78 is 10.6. The fraction of sp³-hybridized carbons (Fsp3) is 0.111. The van der Waals surface area contributed by atoms with Crippen LogP contribution in [-0.4, -0.2) is 11.8 Å². The maximum absolute atomic E-state index is 11.2. The number of Topliss-reactive ketones (excluding diaryl/α,β-unsaturated/α-hetero) is 1. The highest BCUT2D eigenvalue weighted by Gasteiger charge is 2.02. The van der Waals surface area contributed by atoms with E-state index in [2.05, 4.69) is 6.58 Å². The molecule has 0 aliphatic heterocycles. The number of carbonyl (C=O) groups excluding carboxylic acids is 2. The van der Waals surface area contributed by atoms with E-state index < -0.39 is 5.97 Å². The summed E-state index contributed by atoms with van der Waals surface area (Å²) in [7, 11) is 0. The Kier molecular flexibility index (Phi) is 5.09. The normalized spacial score (nSPS) is 9.86. The summed E-state index contributed by atoms with van der Waals surface area (Å²) in [4.78, 5) is 22.2. The summed E-state index contributed by atoms with van der Waals surface area (Å²) in [6, 6.07) is 14.0. The lowest BCUT2D eigenvalue weighted by Crippen LogP contribution is -2.03. The van der Waals surface area contributed by atoms with Crippen LogP contribution in [0.4, 0.5) is 0 Å². The Morgan fingerprint density at radius 1 is 1.00 bits per heavy atom. The van der Waals surface area contributed by atoms with E-state index in [1.807, 2.05) is 12.1 Å². The minimum absolute atomic E-state index is 0.0243. The summed E-state index contributed by atoms with van der Waals surface area (Å²) in [6.07, 6.45) is 1.11. The van der Waals surface area contributed by atoms with E-state index in [9.17, 15) is 9.59 Å². The molecular weight excluding hydrogens is 280 g/mol. The highest BCUT2D eigenvalue weighted by molar-refractivity contribution is 5.94. The summed E-state index contributed by atoms with van der Waals surface area (Å²) in [5.74, 6) is 0.678. The van der Waals surface area contributed by atoms with Crippen LogP contribution in [0.5, 0.6) is 11.5 Å². The van der Waals surface area contributed by atoms with E-state index in [1.54, 1.807) is 36.4 Å². The molecule has 0 amide bonds. The van der Waals surface area contributed by atoms with Crippen molar-refractivity contribution in [1.29, 1.82) is 0 Å². The Balaban J connectivity index is 1.92. The molecule has 2 aromatic carbocycles. The molecule has 22 heavy (non-hydrogen) atoms. The largest absolute Gasteiger partial charge is 0.489 e. The molecule has 2 aromatic rings. The number of benzene rings is 2. The zero-order chi connectivity index (χ0) is 15.9. The van der Waals surface area contributed by atoms with E-state index in [4.69, 9.17) is 9.47 Å². The lowest BCUT2D eigenvalue weighted by molar-refractivity contribution is -0.128. The molecule has 0 heterocycles. The van der Waals surface area contributed by atoms with Gasteiger partial charge in [0.15, 0.2) is 5.78 Å². The molecule has 0 aliphatic rings. The van der Waals surface area contributed by atoms with Crippen LogP contribution < -0.4 is 9.47 Å². The van der Waals surface area contributed by atoms with Gasteiger partial charge in [-0.15, -0.1) is 0 Å². The first kappa shape index (κ1) is 15.5. The van der Waals surface area contributed by atoms with Gasteiger partial charge in [-0.2, -0.15) is 0 Å². The van der Waals surface area contributed by atoms with Crippen LogP contribution >= 0.6 is 0 Å². The highest BCUT2D eigenvalue weighted by atomic mass is 16.5. The third-order valence-corrected chi connectivity index (χ3v) is 2.97. The van der Waals surface area contributed by atoms with Crippen molar-refractivity contribution in [3.8, 4) is 11.5 Å². The first-order chi connectivity index (χ1) is 10.6. The van der Waals surface area contributed by atoms with Gasteiger partial charge >= 0.3 is 5.97 Å². The second-order valence-electron chi connectivity index (χ2n) is 4.64. The maximum Gasteiger partial charge on any atom is 0.335 e. The molecule has 0 saturated carbocycles. The molecule has 0 aliphatic carbocycles. The fourth-order valence-corrected chi connectivity index (χ4v) is 1.76. The molecule has 112 valence electrons. The Labute approximate surface area is 129 Å². The molecule has 2 rings (SSSR count). The third-order valence-electron chi connectivity index (χ3n) is 2.97. The van der Waals surface area contributed by atoms with Crippen LogP contribution in [0.15, 0.2) is 61.2 Å². The quantitative estimate of drug-likeness (QED) is 0.354. The molecular formula is C18H16O4. The highest BCUT2D eigenvalue weighted by Crippen LogP contribution is 2.17. The molecule has 4 nitrogen and oxygen atoms in total. The predicted octanol–water partition coefficient (Wildman–Crippen LogP) is 3.56. The zero-order valence-corrected chi connectivity index (χ0v) is 12.2. The second-order valence-corrected chi connectivity index (χ2v) is 4.64. The van der Waals surface area contributed by atoms with Crippen LogP contribution in [0.1, 0.15) is 22.8 Å². The minimum Gasteiger partial charge on any atom is -0.489 e. The van der Waals surface area contributed by atoms with Gasteiger partial charge in [-0.05, 0) is 48.9 Å². The minimum atomic E-state index is -0.491. The third kappa shape index (κ3) is 4.31. The van der Waals surface area contributed by atoms with Gasteiger partial charge in [0.1, 0.15) is 18.1 Å². The van der Waals surface area contributed by atoms with Crippen molar-refractivity contribution in [3.63, 3.8) is 0 Å². The molecule has 0 radical (unpaired) electrons. The molecule has 0 unspecified atom stereocenters. The molecule has 0 bridgehead atoms. The van der Waals surface area contributed by atoms with Gasteiger partial charge in [-0.25, -0.2) is 4.79 Å². The Hall–Kier alpha value is -2.88. The summed E-state index contributed by atoms with van der Waals surface area (Å²) in [5.41, 5.74) is 1.59. The fourth-order valence-electron chi connectivity index (χ4n) is 1.76. The van der Waals surface area contributed by atoms with Crippen LogP contribution in [0, 0.1) is 0 Å². The smallest absolute Gasteiger partial charge is 0.335 e. The Morgan fingerprint density at radius 2 is 1.59 bits per heavy atom. The average Bonchev–Trinajstić information content (AvgIpc) is 2.54. The second kappa shape index (κ2) is 7.22. The van der Waals surface area contributed by atoms with Crippen molar-refractivity contribution in [2.45, 2.75) is 13.5 Å². The number of carbonyl (C=O) groups is 2. The first-order valence-corrected chi connectivity index (χ1v) is 6.75. The number of rotatable bonds is 6. The van der Waals surface area contributed by atoms with Crippen LogP contribution in [0.2, 0.25) is 0 Å². The number of esters is 1. The van der Waals surface area contributed by atoms with Crippen LogP contribution in [-0.2, 0) is 11.4 Å². The summed E-state index contributed by atoms with van der Waals surface area (Å²) in [5, 5.41) is 0. The van der Waals surface area contributed by atoms with Crippen molar-refractivity contribution in [1.82, 2.24) is 0 Å².